The first-order valence-corrected chi connectivity index (χ1v) is 15.7. The third kappa shape index (κ3) is 7.06. The number of anilines is 1. The normalized spacial score (nSPS) is 16.3. The van der Waals surface area contributed by atoms with E-state index in [1.165, 1.54) is 0 Å². The summed E-state index contributed by atoms with van der Waals surface area (Å²) in [6.07, 6.45) is 1.09. The van der Waals surface area contributed by atoms with Gasteiger partial charge >= 0.3 is 0 Å². The van der Waals surface area contributed by atoms with Gasteiger partial charge in [0.05, 0.1) is 46.8 Å². The summed E-state index contributed by atoms with van der Waals surface area (Å²) >= 11 is 6.06. The molecule has 6 rings (SSSR count). The molecule has 13 heteroatoms. The predicted molar refractivity (Wildman–Crippen MR) is 183 cm³/mol. The molecule has 0 radical (unpaired) electrons. The first-order valence-electron chi connectivity index (χ1n) is 15.3. The van der Waals surface area contributed by atoms with E-state index < -0.39 is 12.3 Å². The molecule has 3 N–H and O–H groups in total. The fourth-order valence-electron chi connectivity index (χ4n) is 5.57. The maximum Gasteiger partial charge on any atom is 0.255 e. The van der Waals surface area contributed by atoms with Crippen molar-refractivity contribution in [2.45, 2.75) is 12.3 Å². The SMILES string of the molecule is COc1cc(C2NC(=O)c3cc(Cl)ccc3N2)ccc1OCCOc1cc(C2C=C(c3cc(OC)c(OC)c(OC)c3)NO2)ccc1OC. The van der Waals surface area contributed by atoms with Gasteiger partial charge in [-0.3, -0.25) is 15.1 Å². The van der Waals surface area contributed by atoms with Crippen LogP contribution in [0.4, 0.5) is 5.69 Å². The number of methoxy groups -OCH3 is 5. The highest BCUT2D eigenvalue weighted by Gasteiger charge is 2.26. The van der Waals surface area contributed by atoms with Gasteiger partial charge in [-0.2, -0.15) is 0 Å². The summed E-state index contributed by atoms with van der Waals surface area (Å²) in [5.74, 6) is 3.49. The number of carbonyl (C=O) groups is 1. The number of carbonyl (C=O) groups excluding carboxylic acids is 1. The van der Waals surface area contributed by atoms with E-state index in [2.05, 4.69) is 16.1 Å². The van der Waals surface area contributed by atoms with Crippen LogP contribution in [0.25, 0.3) is 5.70 Å². The Hall–Kier alpha value is -5.46. The highest BCUT2D eigenvalue weighted by molar-refractivity contribution is 6.31. The van der Waals surface area contributed by atoms with Gasteiger partial charge < -0.3 is 43.8 Å². The number of nitrogens with one attached hydrogen (secondary N) is 3. The van der Waals surface area contributed by atoms with Crippen LogP contribution in [0.2, 0.25) is 5.02 Å². The van der Waals surface area contributed by atoms with Gasteiger partial charge in [-0.25, -0.2) is 0 Å². The van der Waals surface area contributed by atoms with Gasteiger partial charge in [0.15, 0.2) is 34.5 Å². The number of benzene rings is 4. The lowest BCUT2D eigenvalue weighted by molar-refractivity contribution is 0.0509. The molecule has 0 aromatic heterocycles. The zero-order valence-corrected chi connectivity index (χ0v) is 28.3. The van der Waals surface area contributed by atoms with Crippen molar-refractivity contribution >= 4 is 28.9 Å². The molecular formula is C36H36ClN3O9. The molecule has 49 heavy (non-hydrogen) atoms. The monoisotopic (exact) mass is 689 g/mol. The topological polar surface area (TPSA) is 127 Å². The van der Waals surface area contributed by atoms with E-state index in [1.54, 1.807) is 59.8 Å². The summed E-state index contributed by atoms with van der Waals surface area (Å²) in [5.41, 5.74) is 7.37. The number of hydrogen-bond donors (Lipinski definition) is 3. The van der Waals surface area contributed by atoms with E-state index in [0.29, 0.717) is 56.5 Å². The van der Waals surface area contributed by atoms with Crippen molar-refractivity contribution in [1.82, 2.24) is 10.8 Å². The van der Waals surface area contributed by atoms with Crippen molar-refractivity contribution in [3.8, 4) is 40.2 Å². The van der Waals surface area contributed by atoms with Gasteiger partial charge in [0.1, 0.15) is 25.5 Å². The largest absolute Gasteiger partial charge is 0.493 e. The second kappa shape index (κ2) is 14.8. The van der Waals surface area contributed by atoms with Crippen LogP contribution in [0.15, 0.2) is 72.8 Å². The molecule has 256 valence electrons. The smallest absolute Gasteiger partial charge is 0.255 e. The van der Waals surface area contributed by atoms with Crippen molar-refractivity contribution < 1.29 is 42.8 Å². The highest BCUT2D eigenvalue weighted by Crippen LogP contribution is 2.42. The van der Waals surface area contributed by atoms with Crippen LogP contribution >= 0.6 is 11.6 Å². The number of hydrogen-bond acceptors (Lipinski definition) is 11. The first-order chi connectivity index (χ1) is 23.8. The molecule has 0 bridgehead atoms. The highest BCUT2D eigenvalue weighted by atomic mass is 35.5. The molecule has 0 saturated carbocycles. The van der Waals surface area contributed by atoms with E-state index in [4.69, 9.17) is 49.6 Å². The molecule has 4 aromatic rings. The van der Waals surface area contributed by atoms with Gasteiger partial charge in [-0.1, -0.05) is 23.7 Å². The third-order valence-electron chi connectivity index (χ3n) is 8.03. The van der Waals surface area contributed by atoms with E-state index in [0.717, 1.165) is 22.4 Å². The molecule has 12 nitrogen and oxygen atoms in total. The van der Waals surface area contributed by atoms with E-state index >= 15 is 0 Å². The lowest BCUT2D eigenvalue weighted by atomic mass is 10.1. The Morgan fingerprint density at radius 2 is 1.33 bits per heavy atom. The second-order valence-corrected chi connectivity index (χ2v) is 11.3. The molecule has 2 atom stereocenters. The Kier molecular flexibility index (Phi) is 10.1. The van der Waals surface area contributed by atoms with Crippen LogP contribution in [0.3, 0.4) is 0 Å². The minimum Gasteiger partial charge on any atom is -0.493 e. The zero-order chi connectivity index (χ0) is 34.5. The van der Waals surface area contributed by atoms with Gasteiger partial charge in [0, 0.05) is 16.3 Å². The van der Waals surface area contributed by atoms with Crippen molar-refractivity contribution in [3.05, 3.63) is 100 Å². The quantitative estimate of drug-likeness (QED) is 0.137. The van der Waals surface area contributed by atoms with Crippen molar-refractivity contribution in [3.63, 3.8) is 0 Å². The third-order valence-corrected chi connectivity index (χ3v) is 8.26. The van der Waals surface area contributed by atoms with Crippen LogP contribution in [0.5, 0.6) is 40.2 Å². The van der Waals surface area contributed by atoms with E-state index in [1.807, 2.05) is 48.5 Å². The Balaban J connectivity index is 1.10. The van der Waals surface area contributed by atoms with Gasteiger partial charge in [0.2, 0.25) is 5.75 Å². The van der Waals surface area contributed by atoms with Crippen molar-refractivity contribution in [2.75, 3.05) is 54.1 Å². The minimum atomic E-state index is -0.459. The van der Waals surface area contributed by atoms with Crippen molar-refractivity contribution in [1.29, 1.82) is 0 Å². The van der Waals surface area contributed by atoms with Crippen LogP contribution in [0, 0.1) is 0 Å². The second-order valence-electron chi connectivity index (χ2n) is 10.9. The summed E-state index contributed by atoms with van der Waals surface area (Å²) < 4.78 is 39.7. The Labute approximate surface area is 288 Å². The molecule has 2 aliphatic rings. The van der Waals surface area contributed by atoms with Crippen LogP contribution < -0.4 is 49.3 Å². The lowest BCUT2D eigenvalue weighted by Crippen LogP contribution is -2.38. The van der Waals surface area contributed by atoms with Crippen LogP contribution in [0.1, 0.15) is 39.3 Å². The average molecular weight is 690 g/mol. The predicted octanol–water partition coefficient (Wildman–Crippen LogP) is 6.31. The molecule has 0 spiro atoms. The van der Waals surface area contributed by atoms with E-state index in [9.17, 15) is 4.79 Å². The molecule has 0 saturated heterocycles. The maximum absolute atomic E-state index is 12.7. The van der Waals surface area contributed by atoms with Crippen LogP contribution in [-0.4, -0.2) is 54.7 Å². The maximum atomic E-state index is 12.7. The minimum absolute atomic E-state index is 0.219. The van der Waals surface area contributed by atoms with E-state index in [-0.39, 0.29) is 19.1 Å². The number of amides is 1. The number of halogens is 1. The lowest BCUT2D eigenvalue weighted by Gasteiger charge is -2.28. The number of ether oxygens (including phenoxy) is 7. The number of fused-ring (bicyclic) bond motifs is 1. The van der Waals surface area contributed by atoms with Gasteiger partial charge in [-0.15, -0.1) is 0 Å². The number of rotatable bonds is 13. The Bertz CT molecular complexity index is 1860. The average Bonchev–Trinajstić information content (AvgIpc) is 3.63. The summed E-state index contributed by atoms with van der Waals surface area (Å²) in [7, 11) is 7.84. The summed E-state index contributed by atoms with van der Waals surface area (Å²) in [4.78, 5) is 18.6. The van der Waals surface area contributed by atoms with Crippen LogP contribution in [-0.2, 0) is 4.84 Å². The summed E-state index contributed by atoms with van der Waals surface area (Å²) in [6, 6.07) is 19.9. The standard InChI is InChI=1S/C36H36ClN3O9/c1-42-27-10-6-20(29-19-26(40-49-29)22-16-32(44-3)34(46-5)33(17-22)45-4)14-31(27)48-13-12-47-28-11-7-21(15-30(28)43-2)35-38-25-9-8-23(37)18-24(25)36(41)39-35/h6-11,14-19,29,35,38,40H,12-13H2,1-5H3,(H,39,41). The molecule has 1 amide bonds. The molecule has 2 unspecified atom stereocenters. The first kappa shape index (κ1) is 33.4. The zero-order valence-electron chi connectivity index (χ0n) is 27.5. The molecule has 0 aliphatic carbocycles. The molecule has 0 fully saturated rings. The Morgan fingerprint density at radius 3 is 2.02 bits per heavy atom. The summed E-state index contributed by atoms with van der Waals surface area (Å²) in [6.45, 7) is 0.447. The molecule has 2 heterocycles. The molecule has 4 aromatic carbocycles. The number of hydroxylamine groups is 1. The Morgan fingerprint density at radius 1 is 0.673 bits per heavy atom. The van der Waals surface area contributed by atoms with Gasteiger partial charge in [0.25, 0.3) is 5.91 Å². The van der Waals surface area contributed by atoms with Gasteiger partial charge in [-0.05, 0) is 71.8 Å². The fourth-order valence-corrected chi connectivity index (χ4v) is 5.74. The molecule has 2 aliphatic heterocycles. The summed E-state index contributed by atoms with van der Waals surface area (Å²) in [5, 5.41) is 6.76. The molecular weight excluding hydrogens is 654 g/mol. The fraction of sp³-hybridized carbons (Fsp3) is 0.250. The van der Waals surface area contributed by atoms with Crippen molar-refractivity contribution in [2.24, 2.45) is 0 Å².